The van der Waals surface area contributed by atoms with Crippen LogP contribution in [0.25, 0.3) is 0 Å². The number of halogens is 1. The van der Waals surface area contributed by atoms with Crippen molar-refractivity contribution in [2.45, 2.75) is 26.4 Å². The van der Waals surface area contributed by atoms with E-state index >= 15 is 0 Å². The van der Waals surface area contributed by atoms with Crippen LogP contribution in [0.3, 0.4) is 0 Å². The Balaban J connectivity index is 1.76. The number of carbonyl (C=O) groups excluding carboxylic acids is 1. The van der Waals surface area contributed by atoms with Crippen molar-refractivity contribution < 1.29 is 13.9 Å². The lowest BCUT2D eigenvalue weighted by Gasteiger charge is -2.11. The molecule has 1 aromatic carbocycles. The number of amides is 2. The minimum absolute atomic E-state index is 0.193. The normalized spacial score (nSPS) is 10.6. The average molecular weight is 333 g/mol. The van der Waals surface area contributed by atoms with Crippen molar-refractivity contribution in [2.75, 3.05) is 19.8 Å². The van der Waals surface area contributed by atoms with Crippen molar-refractivity contribution in [3.63, 3.8) is 0 Å². The molecule has 24 heavy (non-hydrogen) atoms. The molecule has 2 rings (SSSR count). The Labute approximate surface area is 141 Å². The molecule has 0 aliphatic rings. The number of rotatable bonds is 9. The molecule has 0 aliphatic carbocycles. The monoisotopic (exact) mass is 333 g/mol. The van der Waals surface area contributed by atoms with Crippen molar-refractivity contribution >= 4 is 6.03 Å². The number of ether oxygens (including phenoxy) is 1. The third kappa shape index (κ3) is 6.04. The van der Waals surface area contributed by atoms with E-state index in [0.717, 1.165) is 17.7 Å². The Morgan fingerprint density at radius 2 is 2.00 bits per heavy atom. The van der Waals surface area contributed by atoms with Crippen LogP contribution in [0.1, 0.15) is 24.6 Å². The molecular formula is C18H24FN3O2. The molecule has 0 unspecified atom stereocenters. The first-order valence-electron chi connectivity index (χ1n) is 8.17. The lowest BCUT2D eigenvalue weighted by molar-refractivity contribution is 0.145. The van der Waals surface area contributed by atoms with E-state index < -0.39 is 0 Å². The molecule has 6 heteroatoms. The Bertz CT molecular complexity index is 625. The lowest BCUT2D eigenvalue weighted by Crippen LogP contribution is -2.36. The third-order valence-electron chi connectivity index (χ3n) is 3.57. The zero-order chi connectivity index (χ0) is 17.2. The first-order valence-corrected chi connectivity index (χ1v) is 8.17. The van der Waals surface area contributed by atoms with Gasteiger partial charge >= 0.3 is 6.03 Å². The summed E-state index contributed by atoms with van der Waals surface area (Å²) in [6.45, 7) is 4.95. The standard InChI is InChI=1S/C18H24FN3O2/c1-2-24-12-4-10-20-18(23)21-13-17-5-3-11-22(17)14-15-6-8-16(19)9-7-15/h3,5-9,11H,2,4,10,12-14H2,1H3,(H2,20,21,23). The van der Waals surface area contributed by atoms with Crippen molar-refractivity contribution in [3.05, 3.63) is 59.7 Å². The smallest absolute Gasteiger partial charge is 0.315 e. The molecule has 0 fully saturated rings. The molecule has 0 bridgehead atoms. The molecule has 1 aromatic heterocycles. The maximum Gasteiger partial charge on any atom is 0.315 e. The van der Waals surface area contributed by atoms with E-state index in [4.69, 9.17) is 4.74 Å². The van der Waals surface area contributed by atoms with Crippen molar-refractivity contribution in [3.8, 4) is 0 Å². The molecule has 0 saturated carbocycles. The number of nitrogens with zero attached hydrogens (tertiary/aromatic N) is 1. The van der Waals surface area contributed by atoms with Gasteiger partial charge in [-0.3, -0.25) is 0 Å². The van der Waals surface area contributed by atoms with Gasteiger partial charge in [0.15, 0.2) is 0 Å². The van der Waals surface area contributed by atoms with Crippen LogP contribution in [0.4, 0.5) is 9.18 Å². The average Bonchev–Trinajstić information content (AvgIpc) is 3.02. The van der Waals surface area contributed by atoms with Gasteiger partial charge in [0.2, 0.25) is 0 Å². The maximum absolute atomic E-state index is 13.0. The van der Waals surface area contributed by atoms with Gasteiger partial charge in [-0.2, -0.15) is 0 Å². The Morgan fingerprint density at radius 3 is 2.75 bits per heavy atom. The Morgan fingerprint density at radius 1 is 1.21 bits per heavy atom. The molecule has 0 aliphatic heterocycles. The lowest BCUT2D eigenvalue weighted by atomic mass is 10.2. The highest BCUT2D eigenvalue weighted by atomic mass is 19.1. The van der Waals surface area contributed by atoms with Gasteiger partial charge in [-0.15, -0.1) is 0 Å². The fourth-order valence-electron chi connectivity index (χ4n) is 2.30. The highest BCUT2D eigenvalue weighted by Crippen LogP contribution is 2.09. The number of hydrogen-bond acceptors (Lipinski definition) is 2. The minimum Gasteiger partial charge on any atom is -0.382 e. The van der Waals surface area contributed by atoms with E-state index in [1.54, 1.807) is 12.1 Å². The Kier molecular flexibility index (Phi) is 7.29. The van der Waals surface area contributed by atoms with Gasteiger partial charge in [-0.05, 0) is 43.2 Å². The molecule has 2 amide bonds. The number of carbonyl (C=O) groups is 1. The van der Waals surface area contributed by atoms with Crippen molar-refractivity contribution in [1.29, 1.82) is 0 Å². The Hall–Kier alpha value is -2.34. The molecular weight excluding hydrogens is 309 g/mol. The summed E-state index contributed by atoms with van der Waals surface area (Å²) in [6.07, 6.45) is 2.74. The van der Waals surface area contributed by atoms with Crippen LogP contribution in [-0.4, -0.2) is 30.4 Å². The van der Waals surface area contributed by atoms with E-state index in [-0.39, 0.29) is 11.8 Å². The molecule has 0 atom stereocenters. The fourth-order valence-corrected chi connectivity index (χ4v) is 2.30. The van der Waals surface area contributed by atoms with Gasteiger partial charge in [0.05, 0.1) is 6.54 Å². The van der Waals surface area contributed by atoms with E-state index in [0.29, 0.717) is 32.8 Å². The number of benzene rings is 1. The van der Waals surface area contributed by atoms with E-state index in [9.17, 15) is 9.18 Å². The fraction of sp³-hybridized carbons (Fsp3) is 0.389. The highest BCUT2D eigenvalue weighted by Gasteiger charge is 2.05. The molecule has 0 radical (unpaired) electrons. The second-order valence-electron chi connectivity index (χ2n) is 5.41. The summed E-state index contributed by atoms with van der Waals surface area (Å²) in [5.41, 5.74) is 2.00. The molecule has 0 saturated heterocycles. The molecule has 2 N–H and O–H groups in total. The number of urea groups is 1. The van der Waals surface area contributed by atoms with Crippen LogP contribution >= 0.6 is 0 Å². The van der Waals surface area contributed by atoms with E-state index in [2.05, 4.69) is 10.6 Å². The summed E-state index contributed by atoms with van der Waals surface area (Å²) < 4.78 is 20.2. The second kappa shape index (κ2) is 9.72. The molecule has 1 heterocycles. The largest absolute Gasteiger partial charge is 0.382 e. The molecule has 0 spiro atoms. The van der Waals surface area contributed by atoms with Crippen LogP contribution in [0, 0.1) is 5.82 Å². The number of hydrogen-bond donors (Lipinski definition) is 2. The van der Waals surface area contributed by atoms with Crippen LogP contribution < -0.4 is 10.6 Å². The van der Waals surface area contributed by atoms with Crippen molar-refractivity contribution in [2.24, 2.45) is 0 Å². The van der Waals surface area contributed by atoms with Gasteiger partial charge in [0.1, 0.15) is 5.82 Å². The molecule has 130 valence electrons. The van der Waals surface area contributed by atoms with Crippen LogP contribution in [0.2, 0.25) is 0 Å². The second-order valence-corrected chi connectivity index (χ2v) is 5.41. The summed E-state index contributed by atoms with van der Waals surface area (Å²) in [5.74, 6) is -0.242. The van der Waals surface area contributed by atoms with Gasteiger partial charge in [-0.25, -0.2) is 9.18 Å². The first-order chi connectivity index (χ1) is 11.7. The van der Waals surface area contributed by atoms with Crippen LogP contribution in [0.5, 0.6) is 0 Å². The number of nitrogens with one attached hydrogen (secondary N) is 2. The SMILES string of the molecule is CCOCCCNC(=O)NCc1cccn1Cc1ccc(F)cc1. The van der Waals surface area contributed by atoms with E-state index in [1.807, 2.05) is 29.8 Å². The highest BCUT2D eigenvalue weighted by molar-refractivity contribution is 5.73. The van der Waals surface area contributed by atoms with Crippen molar-refractivity contribution in [1.82, 2.24) is 15.2 Å². The molecule has 5 nitrogen and oxygen atoms in total. The summed E-state index contributed by atoms with van der Waals surface area (Å²) in [5, 5.41) is 5.64. The van der Waals surface area contributed by atoms with Gasteiger partial charge in [-0.1, -0.05) is 12.1 Å². The van der Waals surface area contributed by atoms with E-state index in [1.165, 1.54) is 12.1 Å². The quantitative estimate of drug-likeness (QED) is 0.693. The zero-order valence-electron chi connectivity index (χ0n) is 13.9. The predicted octanol–water partition coefficient (Wildman–Crippen LogP) is 2.90. The topological polar surface area (TPSA) is 55.3 Å². The summed E-state index contributed by atoms with van der Waals surface area (Å²) in [7, 11) is 0. The summed E-state index contributed by atoms with van der Waals surface area (Å²) in [6, 6.07) is 10.1. The summed E-state index contributed by atoms with van der Waals surface area (Å²) >= 11 is 0. The van der Waals surface area contributed by atoms with Gasteiger partial charge in [0.25, 0.3) is 0 Å². The number of aromatic nitrogens is 1. The maximum atomic E-state index is 13.0. The first kappa shape index (κ1) is 18.0. The van der Waals surface area contributed by atoms with Gasteiger partial charge in [0, 0.05) is 38.2 Å². The zero-order valence-corrected chi connectivity index (χ0v) is 13.9. The third-order valence-corrected chi connectivity index (χ3v) is 3.57. The van der Waals surface area contributed by atoms with Gasteiger partial charge < -0.3 is 19.9 Å². The van der Waals surface area contributed by atoms with Crippen LogP contribution in [-0.2, 0) is 17.8 Å². The molecule has 2 aromatic rings. The minimum atomic E-state index is -0.242. The predicted molar refractivity (Wildman–Crippen MR) is 91.3 cm³/mol. The summed E-state index contributed by atoms with van der Waals surface area (Å²) in [4.78, 5) is 11.8. The van der Waals surface area contributed by atoms with Crippen LogP contribution in [0.15, 0.2) is 42.6 Å².